The quantitative estimate of drug-likeness (QED) is 0.778. The van der Waals surface area contributed by atoms with Gasteiger partial charge in [0.05, 0.1) is 12.7 Å². The molecule has 0 N–H and O–H groups in total. The highest BCUT2D eigenvalue weighted by molar-refractivity contribution is 9.10. The van der Waals surface area contributed by atoms with Crippen LogP contribution in [-0.4, -0.2) is 19.1 Å². The van der Waals surface area contributed by atoms with Crippen molar-refractivity contribution >= 4 is 21.7 Å². The first-order valence-electron chi connectivity index (χ1n) is 5.11. The van der Waals surface area contributed by atoms with E-state index in [9.17, 15) is 18.0 Å². The van der Waals surface area contributed by atoms with Gasteiger partial charge in [-0.25, -0.2) is 0 Å². The highest BCUT2D eigenvalue weighted by Crippen LogP contribution is 2.34. The number of carbonyl (C=O) groups is 1. The van der Waals surface area contributed by atoms with Crippen LogP contribution in [-0.2, 0) is 0 Å². The van der Waals surface area contributed by atoms with E-state index in [1.807, 2.05) is 0 Å². The summed E-state index contributed by atoms with van der Waals surface area (Å²) in [6.45, 7) is 3.25. The molecule has 1 rings (SSSR count). The molecule has 0 aliphatic heterocycles. The van der Waals surface area contributed by atoms with Crippen molar-refractivity contribution in [2.75, 3.05) is 7.11 Å². The van der Waals surface area contributed by atoms with Crippen LogP contribution in [0.15, 0.2) is 10.5 Å². The fourth-order valence-corrected chi connectivity index (χ4v) is 2.26. The van der Waals surface area contributed by atoms with Gasteiger partial charge in [0, 0.05) is 4.47 Å². The van der Waals surface area contributed by atoms with Crippen molar-refractivity contribution in [1.82, 2.24) is 0 Å². The van der Waals surface area contributed by atoms with Gasteiger partial charge in [-0.1, -0.05) is 15.9 Å². The second-order valence-electron chi connectivity index (χ2n) is 3.92. The summed E-state index contributed by atoms with van der Waals surface area (Å²) in [5.41, 5.74) is 1.05. The van der Waals surface area contributed by atoms with E-state index < -0.39 is 18.4 Å². The fraction of sp³-hybridized carbons (Fsp3) is 0.417. The molecule has 0 saturated heterocycles. The SMILES string of the molecule is COc1c(C)cc(Br)c(C)c1C(=O)CC(F)(F)F. The fourth-order valence-electron chi connectivity index (χ4n) is 1.72. The van der Waals surface area contributed by atoms with Crippen molar-refractivity contribution in [2.45, 2.75) is 26.4 Å². The minimum absolute atomic E-state index is 0.0123. The van der Waals surface area contributed by atoms with Gasteiger partial charge in [-0.2, -0.15) is 13.2 Å². The monoisotopic (exact) mass is 324 g/mol. The van der Waals surface area contributed by atoms with Crippen molar-refractivity contribution in [3.05, 3.63) is 27.2 Å². The van der Waals surface area contributed by atoms with E-state index in [4.69, 9.17) is 4.74 Å². The lowest BCUT2D eigenvalue weighted by Crippen LogP contribution is -2.17. The lowest BCUT2D eigenvalue weighted by Gasteiger charge is -2.15. The first-order chi connectivity index (χ1) is 8.17. The summed E-state index contributed by atoms with van der Waals surface area (Å²) in [6, 6.07) is 1.71. The summed E-state index contributed by atoms with van der Waals surface area (Å²) in [4.78, 5) is 11.7. The average Bonchev–Trinajstić information content (AvgIpc) is 2.20. The number of ether oxygens (including phenoxy) is 1. The van der Waals surface area contributed by atoms with Gasteiger partial charge in [0.15, 0.2) is 5.78 Å². The molecule has 1 aromatic carbocycles. The topological polar surface area (TPSA) is 26.3 Å². The maximum absolute atomic E-state index is 12.3. The van der Waals surface area contributed by atoms with Crippen LogP contribution in [0.3, 0.4) is 0 Å². The Morgan fingerprint density at radius 1 is 1.39 bits per heavy atom. The third-order valence-electron chi connectivity index (χ3n) is 2.51. The Labute approximate surface area is 111 Å². The molecule has 0 fully saturated rings. The zero-order valence-corrected chi connectivity index (χ0v) is 11.7. The Kier molecular flexibility index (Phi) is 4.42. The van der Waals surface area contributed by atoms with E-state index in [1.54, 1.807) is 19.9 Å². The third kappa shape index (κ3) is 3.25. The zero-order chi connectivity index (χ0) is 14.1. The molecule has 0 aromatic heterocycles. The molecule has 0 spiro atoms. The maximum atomic E-state index is 12.3. The number of aryl methyl sites for hydroxylation is 1. The van der Waals surface area contributed by atoms with Gasteiger partial charge < -0.3 is 4.74 Å². The van der Waals surface area contributed by atoms with E-state index in [1.165, 1.54) is 7.11 Å². The predicted molar refractivity (Wildman–Crippen MR) is 65.2 cm³/mol. The van der Waals surface area contributed by atoms with E-state index in [-0.39, 0.29) is 11.3 Å². The van der Waals surface area contributed by atoms with Crippen LogP contribution in [0.5, 0.6) is 5.75 Å². The number of rotatable bonds is 3. The number of benzene rings is 1. The molecule has 18 heavy (non-hydrogen) atoms. The van der Waals surface area contributed by atoms with Gasteiger partial charge in [-0.3, -0.25) is 4.79 Å². The van der Waals surface area contributed by atoms with Crippen LogP contribution in [0.4, 0.5) is 13.2 Å². The average molecular weight is 325 g/mol. The molecule has 0 heterocycles. The molecule has 0 atom stereocenters. The third-order valence-corrected chi connectivity index (χ3v) is 3.33. The summed E-state index contributed by atoms with van der Waals surface area (Å²) in [7, 11) is 1.33. The Morgan fingerprint density at radius 2 is 1.94 bits per heavy atom. The number of hydrogen-bond donors (Lipinski definition) is 0. The van der Waals surface area contributed by atoms with Crippen molar-refractivity contribution in [3.63, 3.8) is 0 Å². The number of methoxy groups -OCH3 is 1. The number of alkyl halides is 3. The van der Waals surface area contributed by atoms with Crippen LogP contribution in [0.25, 0.3) is 0 Å². The van der Waals surface area contributed by atoms with Gasteiger partial charge in [-0.15, -0.1) is 0 Å². The van der Waals surface area contributed by atoms with Gasteiger partial charge in [-0.05, 0) is 31.0 Å². The van der Waals surface area contributed by atoms with E-state index >= 15 is 0 Å². The molecular weight excluding hydrogens is 313 g/mol. The summed E-state index contributed by atoms with van der Waals surface area (Å²) < 4.78 is 42.5. The first kappa shape index (κ1) is 15.0. The van der Waals surface area contributed by atoms with Crippen LogP contribution >= 0.6 is 15.9 Å². The van der Waals surface area contributed by atoms with Crippen LogP contribution in [0.1, 0.15) is 27.9 Å². The standard InChI is InChI=1S/C12H12BrF3O2/c1-6-4-8(13)7(2)10(11(6)18-3)9(17)5-12(14,15)16/h4H,5H2,1-3H3. The summed E-state index contributed by atoms with van der Waals surface area (Å²) >= 11 is 3.22. The lowest BCUT2D eigenvalue weighted by atomic mass is 9.98. The second-order valence-corrected chi connectivity index (χ2v) is 4.78. The van der Waals surface area contributed by atoms with E-state index in [2.05, 4.69) is 15.9 Å². The van der Waals surface area contributed by atoms with Crippen LogP contribution in [0.2, 0.25) is 0 Å². The van der Waals surface area contributed by atoms with Crippen molar-refractivity contribution in [1.29, 1.82) is 0 Å². The summed E-state index contributed by atoms with van der Waals surface area (Å²) in [6.07, 6.45) is -6.01. The maximum Gasteiger partial charge on any atom is 0.396 e. The molecule has 0 aliphatic carbocycles. The Balaban J connectivity index is 3.34. The Morgan fingerprint density at radius 3 is 2.39 bits per heavy atom. The zero-order valence-electron chi connectivity index (χ0n) is 10.1. The lowest BCUT2D eigenvalue weighted by molar-refractivity contribution is -0.125. The molecule has 0 saturated carbocycles. The molecule has 0 unspecified atom stereocenters. The molecule has 6 heteroatoms. The second kappa shape index (κ2) is 5.30. The van der Waals surface area contributed by atoms with E-state index in [0.717, 1.165) is 0 Å². The highest BCUT2D eigenvalue weighted by Gasteiger charge is 2.34. The minimum Gasteiger partial charge on any atom is -0.496 e. The Bertz CT molecular complexity index is 481. The molecule has 1 aromatic rings. The normalized spacial score (nSPS) is 11.5. The molecule has 0 amide bonds. The largest absolute Gasteiger partial charge is 0.496 e. The van der Waals surface area contributed by atoms with Crippen LogP contribution < -0.4 is 4.74 Å². The van der Waals surface area contributed by atoms with Gasteiger partial charge in [0.1, 0.15) is 12.2 Å². The van der Waals surface area contributed by atoms with Gasteiger partial charge >= 0.3 is 6.18 Å². The summed E-state index contributed by atoms with van der Waals surface area (Å²) in [5.74, 6) is -0.786. The number of ketones is 1. The van der Waals surface area contributed by atoms with E-state index in [0.29, 0.717) is 15.6 Å². The molecule has 0 bridgehead atoms. The first-order valence-corrected chi connectivity index (χ1v) is 5.90. The number of hydrogen-bond acceptors (Lipinski definition) is 2. The van der Waals surface area contributed by atoms with Crippen molar-refractivity contribution in [3.8, 4) is 5.75 Å². The molecule has 0 aliphatic rings. The molecule has 2 nitrogen and oxygen atoms in total. The molecule has 0 radical (unpaired) electrons. The molecular formula is C12H12BrF3O2. The highest BCUT2D eigenvalue weighted by atomic mass is 79.9. The minimum atomic E-state index is -4.52. The molecule has 100 valence electrons. The van der Waals surface area contributed by atoms with Gasteiger partial charge in [0.25, 0.3) is 0 Å². The van der Waals surface area contributed by atoms with Gasteiger partial charge in [0.2, 0.25) is 0 Å². The number of carbonyl (C=O) groups excluding carboxylic acids is 1. The van der Waals surface area contributed by atoms with Crippen molar-refractivity contribution < 1.29 is 22.7 Å². The number of Topliss-reactive ketones (excluding diaryl/α,β-unsaturated/α-hetero) is 1. The smallest absolute Gasteiger partial charge is 0.396 e. The summed E-state index contributed by atoms with van der Waals surface area (Å²) in [5, 5.41) is 0. The number of halogens is 4. The van der Waals surface area contributed by atoms with Crippen molar-refractivity contribution in [2.24, 2.45) is 0 Å². The Hall–Kier alpha value is -1.04. The predicted octanol–water partition coefficient (Wildman–Crippen LogP) is 4.21. The van der Waals surface area contributed by atoms with Crippen LogP contribution in [0, 0.1) is 13.8 Å².